The fourth-order valence-electron chi connectivity index (χ4n) is 3.11. The van der Waals surface area contributed by atoms with Crippen LogP contribution in [0.15, 0.2) is 4.52 Å². The molecule has 3 atom stereocenters. The van der Waals surface area contributed by atoms with Gasteiger partial charge >= 0.3 is 6.03 Å². The SMILES string of the molecule is Cc1noc(C)c1CC(C)NC(=O)NCC1CCCC(O)C1. The molecule has 0 radical (unpaired) electrons. The summed E-state index contributed by atoms with van der Waals surface area (Å²) < 4.78 is 5.14. The Kier molecular flexibility index (Phi) is 5.83. The molecule has 0 aromatic carbocycles. The van der Waals surface area contributed by atoms with Crippen molar-refractivity contribution in [3.05, 3.63) is 17.0 Å². The van der Waals surface area contributed by atoms with Gasteiger partial charge in [-0.25, -0.2) is 4.79 Å². The van der Waals surface area contributed by atoms with Crippen molar-refractivity contribution in [3.8, 4) is 0 Å². The van der Waals surface area contributed by atoms with E-state index in [1.54, 1.807) is 0 Å². The number of urea groups is 1. The number of nitrogens with one attached hydrogen (secondary N) is 2. The minimum absolute atomic E-state index is 0.00810. The molecule has 22 heavy (non-hydrogen) atoms. The first-order valence-corrected chi connectivity index (χ1v) is 8.10. The lowest BCUT2D eigenvalue weighted by Crippen LogP contribution is -2.44. The summed E-state index contributed by atoms with van der Waals surface area (Å²) in [6.45, 7) is 6.39. The van der Waals surface area contributed by atoms with Crippen LogP contribution in [-0.4, -0.2) is 35.0 Å². The Morgan fingerprint density at radius 3 is 2.86 bits per heavy atom. The molecule has 2 rings (SSSR count). The summed E-state index contributed by atoms with van der Waals surface area (Å²) in [6, 6.07) is -0.145. The van der Waals surface area contributed by atoms with Crippen LogP contribution in [0.5, 0.6) is 0 Å². The zero-order valence-corrected chi connectivity index (χ0v) is 13.7. The fraction of sp³-hybridized carbons (Fsp3) is 0.750. The number of rotatable bonds is 5. The van der Waals surface area contributed by atoms with Crippen LogP contribution in [0.25, 0.3) is 0 Å². The highest BCUT2D eigenvalue weighted by molar-refractivity contribution is 5.74. The van der Waals surface area contributed by atoms with Gasteiger partial charge in [0.2, 0.25) is 0 Å². The molecular weight excluding hydrogens is 282 g/mol. The van der Waals surface area contributed by atoms with Gasteiger partial charge < -0.3 is 20.3 Å². The van der Waals surface area contributed by atoms with Crippen LogP contribution in [-0.2, 0) is 6.42 Å². The largest absolute Gasteiger partial charge is 0.393 e. The van der Waals surface area contributed by atoms with E-state index in [1.807, 2.05) is 20.8 Å². The topological polar surface area (TPSA) is 87.4 Å². The molecule has 3 unspecified atom stereocenters. The average Bonchev–Trinajstić information content (AvgIpc) is 2.77. The van der Waals surface area contributed by atoms with E-state index in [9.17, 15) is 9.90 Å². The summed E-state index contributed by atoms with van der Waals surface area (Å²) in [6.07, 6.45) is 4.29. The Morgan fingerprint density at radius 1 is 1.45 bits per heavy atom. The van der Waals surface area contributed by atoms with Crippen molar-refractivity contribution in [1.82, 2.24) is 15.8 Å². The van der Waals surface area contributed by atoms with Crippen LogP contribution in [0.2, 0.25) is 0 Å². The molecule has 124 valence electrons. The number of carbonyl (C=O) groups excluding carboxylic acids is 1. The Labute approximate surface area is 131 Å². The maximum Gasteiger partial charge on any atom is 0.315 e. The second-order valence-electron chi connectivity index (χ2n) is 6.45. The average molecular weight is 309 g/mol. The van der Waals surface area contributed by atoms with Gasteiger partial charge in [0.15, 0.2) is 0 Å². The number of aromatic nitrogens is 1. The lowest BCUT2D eigenvalue weighted by atomic mass is 9.87. The van der Waals surface area contributed by atoms with E-state index in [4.69, 9.17) is 4.52 Å². The molecule has 1 aromatic rings. The second-order valence-corrected chi connectivity index (χ2v) is 6.45. The van der Waals surface area contributed by atoms with E-state index in [2.05, 4.69) is 15.8 Å². The Hall–Kier alpha value is -1.56. The number of aliphatic hydroxyl groups excluding tert-OH is 1. The van der Waals surface area contributed by atoms with Crippen LogP contribution in [0.4, 0.5) is 4.79 Å². The fourth-order valence-corrected chi connectivity index (χ4v) is 3.11. The predicted octanol–water partition coefficient (Wildman–Crippen LogP) is 2.07. The quantitative estimate of drug-likeness (QED) is 0.777. The summed E-state index contributed by atoms with van der Waals surface area (Å²) in [4.78, 5) is 12.0. The zero-order valence-electron chi connectivity index (χ0n) is 13.7. The number of nitrogens with zero attached hydrogens (tertiary/aromatic N) is 1. The van der Waals surface area contributed by atoms with Crippen molar-refractivity contribution in [2.45, 2.75) is 65.0 Å². The number of amides is 2. The molecule has 2 amide bonds. The zero-order chi connectivity index (χ0) is 16.1. The van der Waals surface area contributed by atoms with Crippen molar-refractivity contribution in [3.63, 3.8) is 0 Å². The minimum Gasteiger partial charge on any atom is -0.393 e. The molecule has 1 fully saturated rings. The van der Waals surface area contributed by atoms with Gasteiger partial charge in [0.25, 0.3) is 0 Å². The molecule has 1 aliphatic carbocycles. The highest BCUT2D eigenvalue weighted by Crippen LogP contribution is 2.23. The van der Waals surface area contributed by atoms with E-state index in [1.165, 1.54) is 0 Å². The van der Waals surface area contributed by atoms with E-state index in [-0.39, 0.29) is 18.2 Å². The number of hydrogen-bond acceptors (Lipinski definition) is 4. The van der Waals surface area contributed by atoms with E-state index in [0.717, 1.165) is 42.7 Å². The van der Waals surface area contributed by atoms with Gasteiger partial charge in [-0.05, 0) is 52.4 Å². The first-order chi connectivity index (χ1) is 10.5. The molecule has 6 nitrogen and oxygen atoms in total. The van der Waals surface area contributed by atoms with E-state index < -0.39 is 0 Å². The number of hydrogen-bond donors (Lipinski definition) is 3. The van der Waals surface area contributed by atoms with Gasteiger partial charge in [0.05, 0.1) is 11.8 Å². The molecule has 6 heteroatoms. The summed E-state index contributed by atoms with van der Waals surface area (Å²) in [5.74, 6) is 1.19. The first kappa shape index (κ1) is 16.8. The van der Waals surface area contributed by atoms with Crippen molar-refractivity contribution in [2.24, 2.45) is 5.92 Å². The third-order valence-electron chi connectivity index (χ3n) is 4.38. The highest BCUT2D eigenvalue weighted by atomic mass is 16.5. The summed E-state index contributed by atoms with van der Waals surface area (Å²) in [7, 11) is 0. The Balaban J connectivity index is 1.72. The third-order valence-corrected chi connectivity index (χ3v) is 4.38. The predicted molar refractivity (Wildman–Crippen MR) is 83.6 cm³/mol. The van der Waals surface area contributed by atoms with Crippen molar-refractivity contribution >= 4 is 6.03 Å². The Bertz CT molecular complexity index is 481. The van der Waals surface area contributed by atoms with E-state index >= 15 is 0 Å². The normalized spacial score (nSPS) is 23.1. The molecule has 3 N–H and O–H groups in total. The molecule has 0 spiro atoms. The van der Waals surface area contributed by atoms with Crippen molar-refractivity contribution in [1.29, 1.82) is 0 Å². The highest BCUT2D eigenvalue weighted by Gasteiger charge is 2.21. The maximum absolute atomic E-state index is 12.0. The number of aliphatic hydroxyl groups is 1. The number of aryl methyl sites for hydroxylation is 2. The van der Waals surface area contributed by atoms with Crippen molar-refractivity contribution in [2.75, 3.05) is 6.54 Å². The molecule has 0 aliphatic heterocycles. The van der Waals surface area contributed by atoms with Crippen LogP contribution in [0, 0.1) is 19.8 Å². The van der Waals surface area contributed by atoms with Crippen LogP contribution < -0.4 is 10.6 Å². The smallest absolute Gasteiger partial charge is 0.315 e. The molecule has 0 saturated heterocycles. The number of carbonyl (C=O) groups is 1. The summed E-state index contributed by atoms with van der Waals surface area (Å²) in [5, 5.41) is 19.4. The molecule has 1 aromatic heterocycles. The van der Waals surface area contributed by atoms with Crippen LogP contribution in [0.3, 0.4) is 0 Å². The monoisotopic (exact) mass is 309 g/mol. The molecular formula is C16H27N3O3. The third kappa shape index (κ3) is 4.73. The molecule has 1 saturated carbocycles. The Morgan fingerprint density at radius 2 is 2.23 bits per heavy atom. The summed E-state index contributed by atoms with van der Waals surface area (Å²) >= 11 is 0. The van der Waals surface area contributed by atoms with Gasteiger partial charge in [-0.3, -0.25) is 0 Å². The first-order valence-electron chi connectivity index (χ1n) is 8.10. The van der Waals surface area contributed by atoms with Crippen LogP contribution in [0.1, 0.15) is 49.6 Å². The van der Waals surface area contributed by atoms with Crippen LogP contribution >= 0.6 is 0 Å². The molecule has 1 aliphatic rings. The van der Waals surface area contributed by atoms with E-state index in [0.29, 0.717) is 18.9 Å². The van der Waals surface area contributed by atoms with Gasteiger partial charge in [0.1, 0.15) is 5.76 Å². The molecule has 0 bridgehead atoms. The van der Waals surface area contributed by atoms with Gasteiger partial charge in [-0.15, -0.1) is 0 Å². The summed E-state index contributed by atoms with van der Waals surface area (Å²) in [5.41, 5.74) is 1.94. The van der Waals surface area contributed by atoms with Crippen molar-refractivity contribution < 1.29 is 14.4 Å². The lowest BCUT2D eigenvalue weighted by Gasteiger charge is -2.26. The minimum atomic E-state index is -0.206. The van der Waals surface area contributed by atoms with Gasteiger partial charge in [-0.2, -0.15) is 0 Å². The van der Waals surface area contributed by atoms with Gasteiger partial charge in [0, 0.05) is 18.2 Å². The second kappa shape index (κ2) is 7.63. The standard InChI is InChI=1S/C16H27N3O3/c1-10(7-15-11(2)19-22-12(15)3)18-16(21)17-9-13-5-4-6-14(20)8-13/h10,13-14,20H,4-9H2,1-3H3,(H2,17,18,21). The maximum atomic E-state index is 12.0. The molecule has 1 heterocycles. The lowest BCUT2D eigenvalue weighted by molar-refractivity contribution is 0.101. The van der Waals surface area contributed by atoms with Gasteiger partial charge in [-0.1, -0.05) is 11.6 Å².